The molecule has 1 saturated heterocycles. The van der Waals surface area contributed by atoms with Crippen molar-refractivity contribution in [3.8, 4) is 0 Å². The minimum absolute atomic E-state index is 0.337. The molecule has 18 heavy (non-hydrogen) atoms. The molecule has 1 aromatic rings. The molecule has 2 heterocycles. The highest BCUT2D eigenvalue weighted by molar-refractivity contribution is 5.46. The number of aromatic nitrogens is 2. The number of nitrogens with two attached hydrogens (primary N) is 1. The van der Waals surface area contributed by atoms with Crippen LogP contribution < -0.4 is 16.4 Å². The molecule has 1 aliphatic heterocycles. The highest BCUT2D eigenvalue weighted by atomic mass is 15.1. The number of anilines is 2. The Hall–Kier alpha value is -1.36. The first-order valence-corrected chi connectivity index (χ1v) is 6.88. The molecule has 1 aliphatic rings. The molecule has 1 atom stereocenters. The Morgan fingerprint density at radius 2 is 2.33 bits per heavy atom. The van der Waals surface area contributed by atoms with E-state index in [0.29, 0.717) is 12.0 Å². The Balaban J connectivity index is 1.94. The van der Waals surface area contributed by atoms with E-state index in [2.05, 4.69) is 27.5 Å². The molecule has 0 radical (unpaired) electrons. The number of aryl methyl sites for hydroxylation is 1. The summed E-state index contributed by atoms with van der Waals surface area (Å²) in [6.45, 7) is 4.13. The van der Waals surface area contributed by atoms with Gasteiger partial charge in [-0.3, -0.25) is 0 Å². The Morgan fingerprint density at radius 3 is 3.17 bits per heavy atom. The van der Waals surface area contributed by atoms with Crippen molar-refractivity contribution in [2.24, 2.45) is 0 Å². The molecule has 5 nitrogen and oxygen atoms in total. The van der Waals surface area contributed by atoms with Crippen molar-refractivity contribution in [2.45, 2.75) is 45.1 Å². The molecule has 0 bridgehead atoms. The first-order chi connectivity index (χ1) is 8.79. The van der Waals surface area contributed by atoms with Crippen LogP contribution in [-0.4, -0.2) is 29.1 Å². The van der Waals surface area contributed by atoms with E-state index in [1.165, 1.54) is 25.7 Å². The summed E-state index contributed by atoms with van der Waals surface area (Å²) in [6, 6.07) is 0.536. The standard InChI is InChI=1S/C13H23N5/c1-2-10-8-17-13(14)18-12(10)16-9-11-6-4-3-5-7-15-11/h8,11,15H,2-7,9H2,1H3,(H3,14,16,17,18)/t11-/m1/s1. The Morgan fingerprint density at radius 1 is 1.44 bits per heavy atom. The summed E-state index contributed by atoms with van der Waals surface area (Å²) >= 11 is 0. The maximum absolute atomic E-state index is 5.64. The van der Waals surface area contributed by atoms with Crippen molar-refractivity contribution in [2.75, 3.05) is 24.1 Å². The first kappa shape index (κ1) is 13.1. The molecular formula is C13H23N5. The summed E-state index contributed by atoms with van der Waals surface area (Å²) in [5.41, 5.74) is 6.76. The second-order valence-electron chi connectivity index (χ2n) is 4.84. The number of rotatable bonds is 4. The van der Waals surface area contributed by atoms with Crippen LogP contribution in [0.25, 0.3) is 0 Å². The zero-order valence-electron chi connectivity index (χ0n) is 11.1. The van der Waals surface area contributed by atoms with Gasteiger partial charge in [-0.15, -0.1) is 0 Å². The molecule has 0 aromatic carbocycles. The van der Waals surface area contributed by atoms with Crippen molar-refractivity contribution in [3.05, 3.63) is 11.8 Å². The van der Waals surface area contributed by atoms with Crippen LogP contribution in [0.4, 0.5) is 11.8 Å². The highest BCUT2D eigenvalue weighted by Gasteiger charge is 2.12. The molecule has 0 unspecified atom stereocenters. The minimum Gasteiger partial charge on any atom is -0.368 e. The topological polar surface area (TPSA) is 75.9 Å². The summed E-state index contributed by atoms with van der Waals surface area (Å²) < 4.78 is 0. The second-order valence-corrected chi connectivity index (χ2v) is 4.84. The zero-order chi connectivity index (χ0) is 12.8. The van der Waals surface area contributed by atoms with E-state index in [0.717, 1.165) is 30.9 Å². The van der Waals surface area contributed by atoms with Gasteiger partial charge in [0.2, 0.25) is 5.95 Å². The van der Waals surface area contributed by atoms with Crippen molar-refractivity contribution in [3.63, 3.8) is 0 Å². The van der Waals surface area contributed by atoms with Gasteiger partial charge in [-0.1, -0.05) is 19.8 Å². The molecule has 0 saturated carbocycles. The highest BCUT2D eigenvalue weighted by Crippen LogP contribution is 2.14. The summed E-state index contributed by atoms with van der Waals surface area (Å²) in [7, 11) is 0. The number of nitrogens with zero attached hydrogens (tertiary/aromatic N) is 2. The number of nitrogens with one attached hydrogen (secondary N) is 2. The lowest BCUT2D eigenvalue weighted by Gasteiger charge is -2.18. The second kappa shape index (κ2) is 6.54. The molecule has 2 rings (SSSR count). The molecule has 0 aliphatic carbocycles. The lowest BCUT2D eigenvalue weighted by atomic mass is 10.1. The van der Waals surface area contributed by atoms with E-state index >= 15 is 0 Å². The predicted molar refractivity (Wildman–Crippen MR) is 74.6 cm³/mol. The van der Waals surface area contributed by atoms with E-state index in [1.54, 1.807) is 0 Å². The van der Waals surface area contributed by atoms with Crippen LogP contribution in [0.2, 0.25) is 0 Å². The lowest BCUT2D eigenvalue weighted by Crippen LogP contribution is -2.35. The third-order valence-corrected chi connectivity index (χ3v) is 3.44. The van der Waals surface area contributed by atoms with E-state index < -0.39 is 0 Å². The maximum atomic E-state index is 5.64. The van der Waals surface area contributed by atoms with Gasteiger partial charge in [0.05, 0.1) is 0 Å². The Labute approximate surface area is 109 Å². The molecule has 0 spiro atoms. The van der Waals surface area contributed by atoms with Gasteiger partial charge in [-0.25, -0.2) is 4.98 Å². The van der Waals surface area contributed by atoms with Gasteiger partial charge in [-0.05, 0) is 25.8 Å². The Kier molecular flexibility index (Phi) is 4.75. The average Bonchev–Trinajstić information content (AvgIpc) is 2.65. The Bertz CT molecular complexity index is 372. The smallest absolute Gasteiger partial charge is 0.221 e. The van der Waals surface area contributed by atoms with Crippen molar-refractivity contribution in [1.29, 1.82) is 0 Å². The number of nitrogen functional groups attached to an aromatic ring is 1. The molecule has 5 heteroatoms. The van der Waals surface area contributed by atoms with Crippen LogP contribution >= 0.6 is 0 Å². The SMILES string of the molecule is CCc1cnc(N)nc1NC[C@H]1CCCCCN1. The van der Waals surface area contributed by atoms with Crippen LogP contribution in [-0.2, 0) is 6.42 Å². The molecule has 0 amide bonds. The van der Waals surface area contributed by atoms with Gasteiger partial charge in [0, 0.05) is 24.3 Å². The summed E-state index contributed by atoms with van der Waals surface area (Å²) in [5, 5.41) is 6.98. The van der Waals surface area contributed by atoms with E-state index in [1.807, 2.05) is 6.20 Å². The van der Waals surface area contributed by atoms with E-state index in [4.69, 9.17) is 5.73 Å². The average molecular weight is 249 g/mol. The molecule has 100 valence electrons. The fourth-order valence-electron chi connectivity index (χ4n) is 2.33. The summed E-state index contributed by atoms with van der Waals surface area (Å²) in [5.74, 6) is 1.22. The summed E-state index contributed by atoms with van der Waals surface area (Å²) in [4.78, 5) is 8.31. The third kappa shape index (κ3) is 3.57. The van der Waals surface area contributed by atoms with Gasteiger partial charge in [0.25, 0.3) is 0 Å². The van der Waals surface area contributed by atoms with Crippen LogP contribution in [0.3, 0.4) is 0 Å². The van der Waals surface area contributed by atoms with Gasteiger partial charge in [0.1, 0.15) is 5.82 Å². The van der Waals surface area contributed by atoms with Gasteiger partial charge in [0.15, 0.2) is 0 Å². The van der Waals surface area contributed by atoms with E-state index in [9.17, 15) is 0 Å². The van der Waals surface area contributed by atoms with Crippen molar-refractivity contribution >= 4 is 11.8 Å². The minimum atomic E-state index is 0.337. The lowest BCUT2D eigenvalue weighted by molar-refractivity contribution is 0.530. The zero-order valence-corrected chi connectivity index (χ0v) is 11.1. The van der Waals surface area contributed by atoms with Crippen LogP contribution in [0.5, 0.6) is 0 Å². The molecule has 4 N–H and O–H groups in total. The van der Waals surface area contributed by atoms with Crippen LogP contribution in [0.1, 0.15) is 38.2 Å². The maximum Gasteiger partial charge on any atom is 0.221 e. The number of hydrogen-bond acceptors (Lipinski definition) is 5. The summed E-state index contributed by atoms with van der Waals surface area (Å²) in [6.07, 6.45) is 7.90. The third-order valence-electron chi connectivity index (χ3n) is 3.44. The molecule has 1 fully saturated rings. The molecule has 1 aromatic heterocycles. The predicted octanol–water partition coefficient (Wildman–Crippen LogP) is 1.57. The fraction of sp³-hybridized carbons (Fsp3) is 0.692. The normalized spacial score (nSPS) is 20.4. The fourth-order valence-corrected chi connectivity index (χ4v) is 2.33. The number of hydrogen-bond donors (Lipinski definition) is 3. The van der Waals surface area contributed by atoms with Crippen molar-refractivity contribution in [1.82, 2.24) is 15.3 Å². The largest absolute Gasteiger partial charge is 0.368 e. The van der Waals surface area contributed by atoms with Gasteiger partial charge >= 0.3 is 0 Å². The van der Waals surface area contributed by atoms with Gasteiger partial charge in [-0.2, -0.15) is 4.98 Å². The van der Waals surface area contributed by atoms with Crippen molar-refractivity contribution < 1.29 is 0 Å². The van der Waals surface area contributed by atoms with E-state index in [-0.39, 0.29) is 0 Å². The van der Waals surface area contributed by atoms with Gasteiger partial charge < -0.3 is 16.4 Å². The quantitative estimate of drug-likeness (QED) is 0.755. The monoisotopic (exact) mass is 249 g/mol. The first-order valence-electron chi connectivity index (χ1n) is 6.88. The van der Waals surface area contributed by atoms with Crippen LogP contribution in [0, 0.1) is 0 Å². The van der Waals surface area contributed by atoms with Crippen LogP contribution in [0.15, 0.2) is 6.20 Å². The molecular weight excluding hydrogens is 226 g/mol.